The molecule has 0 aromatic heterocycles. The second kappa shape index (κ2) is 6.05. The first-order valence-corrected chi connectivity index (χ1v) is 6.80. The van der Waals surface area contributed by atoms with E-state index in [9.17, 15) is 9.59 Å². The van der Waals surface area contributed by atoms with E-state index in [1.54, 1.807) is 0 Å². The van der Waals surface area contributed by atoms with Crippen molar-refractivity contribution >= 4 is 17.6 Å². The molecule has 1 unspecified atom stereocenters. The van der Waals surface area contributed by atoms with Gasteiger partial charge < -0.3 is 10.4 Å². The van der Waals surface area contributed by atoms with Crippen molar-refractivity contribution in [1.29, 1.82) is 0 Å². The summed E-state index contributed by atoms with van der Waals surface area (Å²) in [7, 11) is 0. The fraction of sp³-hybridized carbons (Fsp3) is 0.467. The van der Waals surface area contributed by atoms with Crippen LogP contribution >= 0.6 is 0 Å². The summed E-state index contributed by atoms with van der Waals surface area (Å²) in [4.78, 5) is 22.9. The van der Waals surface area contributed by atoms with Crippen molar-refractivity contribution in [3.8, 4) is 0 Å². The first-order chi connectivity index (χ1) is 9.47. The molecule has 0 aliphatic heterocycles. The van der Waals surface area contributed by atoms with E-state index in [1.807, 2.05) is 32.0 Å². The average Bonchev–Trinajstić information content (AvgIpc) is 3.18. The number of aliphatic carboxylic acids is 1. The highest BCUT2D eigenvalue weighted by atomic mass is 16.4. The molecule has 0 bridgehead atoms. The zero-order chi connectivity index (χ0) is 14.7. The molecule has 1 atom stereocenters. The minimum absolute atomic E-state index is 0.0147. The molecule has 1 saturated carbocycles. The molecule has 1 aliphatic carbocycles. The molecule has 0 spiro atoms. The van der Waals surface area contributed by atoms with Crippen molar-refractivity contribution < 1.29 is 14.7 Å². The fourth-order valence-electron chi connectivity index (χ4n) is 2.15. The number of nitrogens with one attached hydrogen (secondary N) is 2. The lowest BCUT2D eigenvalue weighted by Crippen LogP contribution is -2.42. The number of carboxylic acid groups (broad SMARTS) is 1. The second-order valence-electron chi connectivity index (χ2n) is 5.40. The van der Waals surface area contributed by atoms with Gasteiger partial charge in [-0.15, -0.1) is 0 Å². The van der Waals surface area contributed by atoms with E-state index < -0.39 is 12.0 Å². The van der Waals surface area contributed by atoms with E-state index in [2.05, 4.69) is 10.6 Å². The van der Waals surface area contributed by atoms with E-state index in [0.717, 1.165) is 29.7 Å². The van der Waals surface area contributed by atoms with Gasteiger partial charge in [0.15, 0.2) is 0 Å². The molecule has 1 aliphatic rings. The molecule has 0 heterocycles. The van der Waals surface area contributed by atoms with E-state index in [-0.39, 0.29) is 18.4 Å². The van der Waals surface area contributed by atoms with Crippen LogP contribution in [0, 0.1) is 19.8 Å². The number of amides is 1. The number of benzene rings is 1. The Morgan fingerprint density at radius 1 is 1.35 bits per heavy atom. The third kappa shape index (κ3) is 3.81. The zero-order valence-electron chi connectivity index (χ0n) is 11.8. The van der Waals surface area contributed by atoms with Crippen LogP contribution in [-0.4, -0.2) is 29.6 Å². The molecule has 108 valence electrons. The number of rotatable bonds is 6. The second-order valence-corrected chi connectivity index (χ2v) is 5.40. The Morgan fingerprint density at radius 2 is 2.05 bits per heavy atom. The summed E-state index contributed by atoms with van der Waals surface area (Å²) in [5.74, 6) is -0.932. The lowest BCUT2D eigenvalue weighted by molar-refractivity contribution is -0.140. The third-order valence-corrected chi connectivity index (χ3v) is 3.51. The van der Waals surface area contributed by atoms with Crippen LogP contribution in [0.1, 0.15) is 24.0 Å². The normalized spacial score (nSPS) is 15.7. The van der Waals surface area contributed by atoms with Crippen LogP contribution in [0.4, 0.5) is 5.69 Å². The number of anilines is 1. The third-order valence-electron chi connectivity index (χ3n) is 3.51. The molecule has 5 nitrogen and oxygen atoms in total. The van der Waals surface area contributed by atoms with Gasteiger partial charge in [-0.1, -0.05) is 12.1 Å². The van der Waals surface area contributed by atoms with Gasteiger partial charge >= 0.3 is 5.97 Å². The Kier molecular flexibility index (Phi) is 4.39. The van der Waals surface area contributed by atoms with E-state index in [4.69, 9.17) is 5.11 Å². The molecule has 2 rings (SSSR count). The smallest absolute Gasteiger partial charge is 0.320 e. The Balaban J connectivity index is 1.88. The van der Waals surface area contributed by atoms with Crippen LogP contribution in [0.25, 0.3) is 0 Å². The van der Waals surface area contributed by atoms with Crippen LogP contribution in [0.15, 0.2) is 18.2 Å². The van der Waals surface area contributed by atoms with Gasteiger partial charge in [0.1, 0.15) is 6.04 Å². The molecule has 3 N–H and O–H groups in total. The van der Waals surface area contributed by atoms with Gasteiger partial charge in [0, 0.05) is 5.69 Å². The Labute approximate surface area is 118 Å². The predicted molar refractivity (Wildman–Crippen MR) is 76.7 cm³/mol. The molecule has 1 amide bonds. The van der Waals surface area contributed by atoms with E-state index >= 15 is 0 Å². The van der Waals surface area contributed by atoms with Gasteiger partial charge in [0.2, 0.25) is 5.91 Å². The van der Waals surface area contributed by atoms with Crippen LogP contribution in [0.2, 0.25) is 0 Å². The van der Waals surface area contributed by atoms with Gasteiger partial charge in [0.25, 0.3) is 0 Å². The van der Waals surface area contributed by atoms with Crippen molar-refractivity contribution in [1.82, 2.24) is 5.32 Å². The zero-order valence-corrected chi connectivity index (χ0v) is 11.8. The highest BCUT2D eigenvalue weighted by molar-refractivity contribution is 5.93. The molecule has 0 saturated heterocycles. The summed E-state index contributed by atoms with van der Waals surface area (Å²) >= 11 is 0. The number of carbonyl (C=O) groups excluding carboxylic acids is 1. The van der Waals surface area contributed by atoms with Gasteiger partial charge in [-0.2, -0.15) is 0 Å². The first-order valence-electron chi connectivity index (χ1n) is 6.80. The fourth-order valence-corrected chi connectivity index (χ4v) is 2.15. The van der Waals surface area contributed by atoms with Crippen molar-refractivity contribution in [2.24, 2.45) is 5.92 Å². The lowest BCUT2D eigenvalue weighted by Gasteiger charge is -2.14. The standard InChI is InChI=1S/C15H20N2O3/c1-9-3-4-10(2)12(7-9)17-13(18)8-16-14(15(19)20)11-5-6-11/h3-4,7,11,14,16H,5-6,8H2,1-2H3,(H,17,18)(H,19,20). The first kappa shape index (κ1) is 14.5. The number of carboxylic acids is 1. The minimum Gasteiger partial charge on any atom is -0.480 e. The maximum Gasteiger partial charge on any atom is 0.320 e. The van der Waals surface area contributed by atoms with Crippen LogP contribution in [0.3, 0.4) is 0 Å². The SMILES string of the molecule is Cc1ccc(C)c(NC(=O)CNC(C(=O)O)C2CC2)c1. The van der Waals surface area contributed by atoms with Gasteiger partial charge in [-0.3, -0.25) is 14.9 Å². The lowest BCUT2D eigenvalue weighted by atomic mass is 10.1. The summed E-state index contributed by atoms with van der Waals surface area (Å²) in [6, 6.07) is 5.22. The minimum atomic E-state index is -0.882. The summed E-state index contributed by atoms with van der Waals surface area (Å²) in [6.45, 7) is 3.90. The molecule has 1 fully saturated rings. The molecular weight excluding hydrogens is 256 g/mol. The molecule has 5 heteroatoms. The highest BCUT2D eigenvalue weighted by Gasteiger charge is 2.36. The monoisotopic (exact) mass is 276 g/mol. The molecule has 1 aromatic carbocycles. The highest BCUT2D eigenvalue weighted by Crippen LogP contribution is 2.32. The van der Waals surface area contributed by atoms with Crippen LogP contribution < -0.4 is 10.6 Å². The summed E-state index contributed by atoms with van der Waals surface area (Å²) < 4.78 is 0. The van der Waals surface area contributed by atoms with Crippen LogP contribution in [-0.2, 0) is 9.59 Å². The Hall–Kier alpha value is -1.88. The number of carbonyl (C=O) groups is 2. The summed E-state index contributed by atoms with van der Waals surface area (Å²) in [5.41, 5.74) is 2.83. The van der Waals surface area contributed by atoms with E-state index in [0.29, 0.717) is 0 Å². The summed E-state index contributed by atoms with van der Waals surface area (Å²) in [6.07, 6.45) is 1.84. The average molecular weight is 276 g/mol. The molecule has 20 heavy (non-hydrogen) atoms. The molecular formula is C15H20N2O3. The topological polar surface area (TPSA) is 78.4 Å². The largest absolute Gasteiger partial charge is 0.480 e. The Morgan fingerprint density at radius 3 is 2.65 bits per heavy atom. The summed E-state index contributed by atoms with van der Waals surface area (Å²) in [5, 5.41) is 14.7. The predicted octanol–water partition coefficient (Wildman–Crippen LogP) is 1.69. The van der Waals surface area contributed by atoms with Gasteiger partial charge in [-0.05, 0) is 49.8 Å². The number of hydrogen-bond acceptors (Lipinski definition) is 3. The van der Waals surface area contributed by atoms with Crippen LogP contribution in [0.5, 0.6) is 0 Å². The van der Waals surface area contributed by atoms with Crippen molar-refractivity contribution in [2.45, 2.75) is 32.7 Å². The maximum absolute atomic E-state index is 11.9. The van der Waals surface area contributed by atoms with Crippen molar-refractivity contribution in [3.05, 3.63) is 29.3 Å². The maximum atomic E-state index is 11.9. The number of hydrogen-bond donors (Lipinski definition) is 3. The number of aryl methyl sites for hydroxylation is 2. The Bertz CT molecular complexity index is 524. The molecule has 1 aromatic rings. The van der Waals surface area contributed by atoms with Gasteiger partial charge in [-0.25, -0.2) is 0 Å². The molecule has 0 radical (unpaired) electrons. The van der Waals surface area contributed by atoms with E-state index in [1.165, 1.54) is 0 Å². The van der Waals surface area contributed by atoms with Gasteiger partial charge in [0.05, 0.1) is 6.54 Å². The van der Waals surface area contributed by atoms with Crippen molar-refractivity contribution in [3.63, 3.8) is 0 Å². The quantitative estimate of drug-likeness (QED) is 0.739. The van der Waals surface area contributed by atoms with Crippen molar-refractivity contribution in [2.75, 3.05) is 11.9 Å².